The van der Waals surface area contributed by atoms with Gasteiger partial charge in [0.15, 0.2) is 6.39 Å². The quantitative estimate of drug-likeness (QED) is 0.207. The highest BCUT2D eigenvalue weighted by Crippen LogP contribution is 2.32. The number of ether oxygens (including phenoxy) is 1. The molecule has 1 fully saturated rings. The molecular formula is C29H51N3O9. The maximum absolute atomic E-state index is 13.0. The van der Waals surface area contributed by atoms with Crippen molar-refractivity contribution >= 4 is 11.9 Å². The van der Waals surface area contributed by atoms with E-state index in [1.807, 2.05) is 11.8 Å². The molecule has 2 heterocycles. The van der Waals surface area contributed by atoms with E-state index in [-0.39, 0.29) is 30.4 Å². The first-order valence-electron chi connectivity index (χ1n) is 14.6. The van der Waals surface area contributed by atoms with Gasteiger partial charge in [-0.25, -0.2) is 4.98 Å². The van der Waals surface area contributed by atoms with E-state index in [4.69, 9.17) is 9.15 Å². The van der Waals surface area contributed by atoms with E-state index in [1.165, 1.54) is 27.2 Å². The number of carbonyl (C=O) groups excluding carboxylic acids is 2. The van der Waals surface area contributed by atoms with Crippen LogP contribution in [0, 0.1) is 24.7 Å². The maximum Gasteiger partial charge on any atom is 0.311 e. The Morgan fingerprint density at radius 1 is 1.15 bits per heavy atom. The van der Waals surface area contributed by atoms with Crippen LogP contribution in [0.1, 0.15) is 84.0 Å². The van der Waals surface area contributed by atoms with Gasteiger partial charge < -0.3 is 40.0 Å². The Hall–Kier alpha value is -2.09. The molecule has 1 amide bonds. The van der Waals surface area contributed by atoms with Gasteiger partial charge in [-0.1, -0.05) is 20.8 Å². The topological polar surface area (TPSA) is 186 Å². The molecule has 12 nitrogen and oxygen atoms in total. The minimum Gasteiger partial charge on any atom is -0.459 e. The summed E-state index contributed by atoms with van der Waals surface area (Å²) in [7, 11) is 0. The van der Waals surface area contributed by atoms with Gasteiger partial charge in [-0.3, -0.25) is 14.5 Å². The van der Waals surface area contributed by atoms with Crippen LogP contribution in [-0.4, -0.2) is 109 Å². The average Bonchev–Trinajstić information content (AvgIpc) is 3.35. The van der Waals surface area contributed by atoms with Gasteiger partial charge >= 0.3 is 5.97 Å². The molecule has 236 valence electrons. The first kappa shape index (κ1) is 35.1. The Balaban J connectivity index is 2.33. The summed E-state index contributed by atoms with van der Waals surface area (Å²) in [4.78, 5) is 31.3. The Kier molecular flexibility index (Phi) is 12.3. The number of aliphatic hydroxyl groups is 5. The predicted molar refractivity (Wildman–Crippen MR) is 151 cm³/mol. The molecule has 1 aromatic heterocycles. The number of aliphatic hydroxyl groups excluding tert-OH is 3. The van der Waals surface area contributed by atoms with Crippen molar-refractivity contribution in [2.75, 3.05) is 19.6 Å². The number of esters is 1. The molecule has 2 rings (SSSR count). The summed E-state index contributed by atoms with van der Waals surface area (Å²) in [6.45, 7) is 14.1. The lowest BCUT2D eigenvalue weighted by Gasteiger charge is -2.43. The molecule has 1 saturated heterocycles. The Morgan fingerprint density at radius 2 is 1.78 bits per heavy atom. The van der Waals surface area contributed by atoms with Gasteiger partial charge in [0, 0.05) is 31.6 Å². The van der Waals surface area contributed by atoms with Crippen molar-refractivity contribution in [2.45, 2.75) is 116 Å². The Bertz CT molecular complexity index is 998. The summed E-state index contributed by atoms with van der Waals surface area (Å²) in [5.74, 6) is -3.11. The summed E-state index contributed by atoms with van der Waals surface area (Å²) in [6, 6.07) is -0.616. The number of hydrogen-bond donors (Lipinski definition) is 6. The predicted octanol–water partition coefficient (Wildman–Crippen LogP) is 1.01. The van der Waals surface area contributed by atoms with Gasteiger partial charge in [0.1, 0.15) is 17.8 Å². The van der Waals surface area contributed by atoms with Gasteiger partial charge in [0.05, 0.1) is 29.4 Å². The van der Waals surface area contributed by atoms with Gasteiger partial charge in [-0.05, 0) is 59.8 Å². The average molecular weight is 586 g/mol. The van der Waals surface area contributed by atoms with Crippen LogP contribution in [0.5, 0.6) is 0 Å². The van der Waals surface area contributed by atoms with Crippen molar-refractivity contribution in [3.63, 3.8) is 0 Å². The molecule has 10 atom stereocenters. The summed E-state index contributed by atoms with van der Waals surface area (Å²) in [5, 5.41) is 58.8. The van der Waals surface area contributed by atoms with Crippen LogP contribution in [0.15, 0.2) is 10.8 Å². The van der Waals surface area contributed by atoms with Crippen LogP contribution in [0.2, 0.25) is 0 Å². The molecule has 0 aliphatic carbocycles. The zero-order chi connectivity index (χ0) is 31.3. The SMILES string of the molecule is CC[C@H]1OC(=O)[C@H](C)[C@@H](O)[C@H](C)[C@@H](O)[C@](C)(O)C[C@@H](C)CN(CCCNC(=O)c2ocnc2C)[C@H](C)[C@@H](O)[C@]1(C)O. The van der Waals surface area contributed by atoms with E-state index in [9.17, 15) is 35.1 Å². The number of carbonyl (C=O) groups is 2. The van der Waals surface area contributed by atoms with Crippen LogP contribution in [-0.2, 0) is 9.53 Å². The van der Waals surface area contributed by atoms with E-state index in [2.05, 4.69) is 10.3 Å². The van der Waals surface area contributed by atoms with E-state index in [1.54, 1.807) is 27.7 Å². The number of cyclic esters (lactones) is 1. The zero-order valence-corrected chi connectivity index (χ0v) is 25.7. The van der Waals surface area contributed by atoms with Gasteiger partial charge in [-0.15, -0.1) is 0 Å². The number of nitrogens with zero attached hydrogens (tertiary/aromatic N) is 2. The number of hydrogen-bond acceptors (Lipinski definition) is 11. The lowest BCUT2D eigenvalue weighted by Crippen LogP contribution is -2.59. The molecule has 0 bridgehead atoms. The highest BCUT2D eigenvalue weighted by molar-refractivity contribution is 5.92. The fraction of sp³-hybridized carbons (Fsp3) is 0.828. The van der Waals surface area contributed by atoms with Crippen molar-refractivity contribution in [2.24, 2.45) is 17.8 Å². The van der Waals surface area contributed by atoms with Crippen molar-refractivity contribution in [1.82, 2.24) is 15.2 Å². The van der Waals surface area contributed by atoms with Crippen LogP contribution >= 0.6 is 0 Å². The molecule has 0 radical (unpaired) electrons. The van der Waals surface area contributed by atoms with Crippen LogP contribution < -0.4 is 5.32 Å². The molecule has 41 heavy (non-hydrogen) atoms. The summed E-state index contributed by atoms with van der Waals surface area (Å²) in [5.41, 5.74) is -2.93. The van der Waals surface area contributed by atoms with Crippen LogP contribution in [0.3, 0.4) is 0 Å². The van der Waals surface area contributed by atoms with Gasteiger partial charge in [-0.2, -0.15) is 0 Å². The Morgan fingerprint density at radius 3 is 2.34 bits per heavy atom. The van der Waals surface area contributed by atoms with Crippen molar-refractivity contribution in [1.29, 1.82) is 0 Å². The van der Waals surface area contributed by atoms with Gasteiger partial charge in [0.2, 0.25) is 5.76 Å². The van der Waals surface area contributed by atoms with Crippen molar-refractivity contribution < 1.29 is 44.3 Å². The number of aryl methyl sites for hydroxylation is 1. The van der Waals surface area contributed by atoms with E-state index >= 15 is 0 Å². The third-order valence-corrected chi connectivity index (χ3v) is 8.64. The van der Waals surface area contributed by atoms with E-state index in [0.717, 1.165) is 0 Å². The molecule has 0 unspecified atom stereocenters. The number of oxazole rings is 1. The summed E-state index contributed by atoms with van der Waals surface area (Å²) >= 11 is 0. The monoisotopic (exact) mass is 585 g/mol. The second kappa shape index (κ2) is 14.4. The maximum atomic E-state index is 13.0. The third-order valence-electron chi connectivity index (χ3n) is 8.64. The van der Waals surface area contributed by atoms with Crippen LogP contribution in [0.25, 0.3) is 0 Å². The highest BCUT2D eigenvalue weighted by atomic mass is 16.6. The second-order valence-electron chi connectivity index (χ2n) is 12.4. The molecule has 0 aromatic carbocycles. The fourth-order valence-electron chi connectivity index (χ4n) is 5.93. The van der Waals surface area contributed by atoms with E-state index < -0.39 is 59.5 Å². The third kappa shape index (κ3) is 8.48. The fourth-order valence-corrected chi connectivity index (χ4v) is 5.93. The molecular weight excluding hydrogens is 534 g/mol. The number of nitrogens with one attached hydrogen (secondary N) is 1. The standard InChI is InChI=1S/C29H51N3O9/c1-9-21-29(8,39)25(35)20(6)32(12-10-11-30-26(36)23-19(5)31-15-40-23)14-16(2)13-28(7,38)24(34)17(3)22(33)18(4)27(37)41-21/h15-18,20-22,24-25,33-35,38-39H,9-14H2,1-8H3,(H,30,36)/t16-,17+,18-,20-,21-,22+,24-,25-,28-,29-/m1/s1. The molecule has 0 saturated carbocycles. The smallest absolute Gasteiger partial charge is 0.311 e. The molecule has 12 heteroatoms. The lowest BCUT2D eigenvalue weighted by molar-refractivity contribution is -0.193. The molecule has 1 aliphatic rings. The number of rotatable bonds is 6. The first-order chi connectivity index (χ1) is 18.9. The normalized spacial score (nSPS) is 38.5. The van der Waals surface area contributed by atoms with Crippen LogP contribution in [0.4, 0.5) is 0 Å². The van der Waals surface area contributed by atoms with Gasteiger partial charge in [0.25, 0.3) is 5.91 Å². The molecule has 0 spiro atoms. The minimum absolute atomic E-state index is 0.141. The Labute approximate surface area is 243 Å². The minimum atomic E-state index is -1.83. The van der Waals surface area contributed by atoms with Crippen molar-refractivity contribution in [3.05, 3.63) is 17.8 Å². The zero-order valence-electron chi connectivity index (χ0n) is 25.7. The largest absolute Gasteiger partial charge is 0.459 e. The summed E-state index contributed by atoms with van der Waals surface area (Å²) < 4.78 is 10.8. The number of aromatic nitrogens is 1. The molecule has 6 N–H and O–H groups in total. The summed E-state index contributed by atoms with van der Waals surface area (Å²) in [6.07, 6.45) is -2.98. The highest BCUT2D eigenvalue weighted by Gasteiger charge is 2.47. The first-order valence-corrected chi connectivity index (χ1v) is 14.6. The molecule has 1 aromatic rings. The molecule has 1 aliphatic heterocycles. The second-order valence-corrected chi connectivity index (χ2v) is 12.4. The van der Waals surface area contributed by atoms with E-state index in [0.29, 0.717) is 31.7 Å². The van der Waals surface area contributed by atoms with Crippen molar-refractivity contribution in [3.8, 4) is 0 Å². The lowest BCUT2D eigenvalue weighted by atomic mass is 9.78. The number of amides is 1.